The molecule has 1 aromatic rings. The molecule has 0 aliphatic rings. The predicted octanol–water partition coefficient (Wildman–Crippen LogP) is 1.86. The maximum Gasteiger partial charge on any atom is 0.122 e. The van der Waals surface area contributed by atoms with Crippen LogP contribution in [0.2, 0.25) is 0 Å². The lowest BCUT2D eigenvalue weighted by Gasteiger charge is -2.11. The van der Waals surface area contributed by atoms with Crippen LogP contribution < -0.4 is 10.1 Å². The van der Waals surface area contributed by atoms with Gasteiger partial charge in [0.15, 0.2) is 0 Å². The lowest BCUT2D eigenvalue weighted by molar-refractivity contribution is 0.407. The van der Waals surface area contributed by atoms with Gasteiger partial charge in [-0.05, 0) is 25.0 Å². The second-order valence-electron chi connectivity index (χ2n) is 3.12. The fourth-order valence-corrected chi connectivity index (χ4v) is 1.28. The first kappa shape index (κ1) is 10.1. The van der Waals surface area contributed by atoms with Gasteiger partial charge < -0.3 is 4.74 Å². The van der Waals surface area contributed by atoms with E-state index in [2.05, 4.69) is 18.3 Å². The Morgan fingerprint density at radius 3 is 2.69 bits per heavy atom. The van der Waals surface area contributed by atoms with Crippen LogP contribution >= 0.6 is 0 Å². The van der Waals surface area contributed by atoms with E-state index in [1.54, 1.807) is 7.11 Å². The number of benzene rings is 1. The fraction of sp³-hybridized carbons (Fsp3) is 0.455. The first-order valence-electron chi connectivity index (χ1n) is 4.48. The zero-order chi connectivity index (χ0) is 9.68. The first-order chi connectivity index (χ1) is 6.27. The molecule has 0 saturated carbocycles. The molecule has 1 atom stereocenters. The molecule has 1 aromatic carbocycles. The normalized spacial score (nSPS) is 12.5. The van der Waals surface area contributed by atoms with Crippen LogP contribution in [0.15, 0.2) is 24.3 Å². The highest BCUT2D eigenvalue weighted by Crippen LogP contribution is 2.18. The molecule has 0 saturated heterocycles. The van der Waals surface area contributed by atoms with Crippen LogP contribution in [-0.2, 0) is 6.42 Å². The molecule has 71 valence electrons. The van der Waals surface area contributed by atoms with Crippen LogP contribution in [0.1, 0.15) is 12.5 Å². The molecule has 0 bridgehead atoms. The summed E-state index contributed by atoms with van der Waals surface area (Å²) in [6.07, 6.45) is 0.945. The number of likely N-dealkylation sites (N-methyl/N-ethyl adjacent to an activating group) is 1. The third kappa shape index (κ3) is 2.74. The molecule has 1 unspecified atom stereocenters. The molecule has 0 N–H and O–H groups in total. The molecule has 2 nitrogen and oxygen atoms in total. The molecule has 0 aromatic heterocycles. The minimum Gasteiger partial charge on any atom is -0.496 e. The van der Waals surface area contributed by atoms with Crippen molar-refractivity contribution in [1.29, 1.82) is 0 Å². The highest BCUT2D eigenvalue weighted by Gasteiger charge is 2.05. The Balaban J connectivity index is 2.74. The van der Waals surface area contributed by atoms with Crippen molar-refractivity contribution >= 4 is 0 Å². The van der Waals surface area contributed by atoms with Crippen LogP contribution in [0.25, 0.3) is 0 Å². The van der Waals surface area contributed by atoms with Crippen molar-refractivity contribution in [3.05, 3.63) is 29.8 Å². The SMILES string of the molecule is C[N]C(C)Cc1ccccc1OC. The van der Waals surface area contributed by atoms with Gasteiger partial charge in [0.05, 0.1) is 7.11 Å². The number of nitrogens with zero attached hydrogens (tertiary/aromatic N) is 1. The Bertz CT molecular complexity index is 260. The molecule has 0 fully saturated rings. The summed E-state index contributed by atoms with van der Waals surface area (Å²) in [5, 5.41) is 4.20. The van der Waals surface area contributed by atoms with Crippen molar-refractivity contribution in [1.82, 2.24) is 5.32 Å². The number of para-hydroxylation sites is 1. The Morgan fingerprint density at radius 1 is 1.38 bits per heavy atom. The topological polar surface area (TPSA) is 23.3 Å². The van der Waals surface area contributed by atoms with E-state index in [1.807, 2.05) is 25.2 Å². The van der Waals surface area contributed by atoms with Crippen molar-refractivity contribution in [2.75, 3.05) is 14.2 Å². The van der Waals surface area contributed by atoms with Gasteiger partial charge >= 0.3 is 0 Å². The Labute approximate surface area is 79.9 Å². The largest absolute Gasteiger partial charge is 0.496 e. The van der Waals surface area contributed by atoms with Gasteiger partial charge in [0, 0.05) is 13.1 Å². The average Bonchev–Trinajstić information content (AvgIpc) is 2.18. The van der Waals surface area contributed by atoms with Crippen molar-refractivity contribution in [2.45, 2.75) is 19.4 Å². The van der Waals surface area contributed by atoms with Gasteiger partial charge in [0.2, 0.25) is 0 Å². The second kappa shape index (κ2) is 4.87. The molecular weight excluding hydrogens is 162 g/mol. The van der Waals surface area contributed by atoms with E-state index >= 15 is 0 Å². The maximum atomic E-state index is 5.25. The number of ether oxygens (including phenoxy) is 1. The average molecular weight is 178 g/mol. The smallest absolute Gasteiger partial charge is 0.122 e. The quantitative estimate of drug-likeness (QED) is 0.690. The molecule has 0 spiro atoms. The van der Waals surface area contributed by atoms with E-state index in [9.17, 15) is 0 Å². The summed E-state index contributed by atoms with van der Waals surface area (Å²) in [7, 11) is 3.55. The third-order valence-corrected chi connectivity index (χ3v) is 2.15. The molecule has 0 aliphatic heterocycles. The number of methoxy groups -OCH3 is 1. The van der Waals surface area contributed by atoms with Crippen molar-refractivity contribution in [2.24, 2.45) is 0 Å². The monoisotopic (exact) mass is 178 g/mol. The summed E-state index contributed by atoms with van der Waals surface area (Å²) >= 11 is 0. The van der Waals surface area contributed by atoms with E-state index < -0.39 is 0 Å². The van der Waals surface area contributed by atoms with Crippen LogP contribution in [-0.4, -0.2) is 20.2 Å². The van der Waals surface area contributed by atoms with Gasteiger partial charge in [0.1, 0.15) is 5.75 Å². The molecule has 1 rings (SSSR count). The van der Waals surface area contributed by atoms with E-state index in [-0.39, 0.29) is 0 Å². The number of hydrogen-bond acceptors (Lipinski definition) is 1. The minimum atomic E-state index is 0.358. The van der Waals surface area contributed by atoms with Gasteiger partial charge in [-0.2, -0.15) is 0 Å². The highest BCUT2D eigenvalue weighted by atomic mass is 16.5. The zero-order valence-corrected chi connectivity index (χ0v) is 8.45. The van der Waals surface area contributed by atoms with E-state index in [4.69, 9.17) is 4.74 Å². The van der Waals surface area contributed by atoms with Crippen LogP contribution in [0, 0.1) is 0 Å². The highest BCUT2D eigenvalue weighted by molar-refractivity contribution is 5.33. The van der Waals surface area contributed by atoms with E-state index in [0.717, 1.165) is 12.2 Å². The minimum absolute atomic E-state index is 0.358. The predicted molar refractivity (Wildman–Crippen MR) is 54.2 cm³/mol. The molecular formula is C11H16NO. The Kier molecular flexibility index (Phi) is 3.77. The fourth-order valence-electron chi connectivity index (χ4n) is 1.28. The number of rotatable bonds is 4. The molecule has 0 heterocycles. The summed E-state index contributed by atoms with van der Waals surface area (Å²) < 4.78 is 5.25. The summed E-state index contributed by atoms with van der Waals surface area (Å²) in [5.74, 6) is 0.956. The van der Waals surface area contributed by atoms with Crippen LogP contribution in [0.5, 0.6) is 5.75 Å². The van der Waals surface area contributed by atoms with Gasteiger partial charge in [-0.25, -0.2) is 5.32 Å². The van der Waals surface area contributed by atoms with Crippen LogP contribution in [0.4, 0.5) is 0 Å². The van der Waals surface area contributed by atoms with Gasteiger partial charge in [0.25, 0.3) is 0 Å². The Hall–Kier alpha value is -1.02. The van der Waals surface area contributed by atoms with Crippen molar-refractivity contribution in [3.63, 3.8) is 0 Å². The van der Waals surface area contributed by atoms with E-state index in [1.165, 1.54) is 5.56 Å². The Morgan fingerprint density at radius 2 is 2.08 bits per heavy atom. The third-order valence-electron chi connectivity index (χ3n) is 2.15. The molecule has 0 amide bonds. The molecule has 13 heavy (non-hydrogen) atoms. The maximum absolute atomic E-state index is 5.25. The molecule has 1 radical (unpaired) electrons. The standard InChI is InChI=1S/C11H16NO/c1-9(12-2)8-10-6-4-5-7-11(10)13-3/h4-7,9H,8H2,1-3H3. The lowest BCUT2D eigenvalue weighted by Crippen LogP contribution is -2.17. The van der Waals surface area contributed by atoms with Gasteiger partial charge in [-0.3, -0.25) is 0 Å². The molecule has 0 aliphatic carbocycles. The van der Waals surface area contributed by atoms with Crippen molar-refractivity contribution < 1.29 is 4.74 Å². The van der Waals surface area contributed by atoms with Gasteiger partial charge in [-0.1, -0.05) is 18.2 Å². The zero-order valence-electron chi connectivity index (χ0n) is 8.45. The molecule has 2 heteroatoms. The van der Waals surface area contributed by atoms with Crippen LogP contribution in [0.3, 0.4) is 0 Å². The summed E-state index contributed by atoms with van der Waals surface area (Å²) in [6.45, 7) is 2.10. The summed E-state index contributed by atoms with van der Waals surface area (Å²) in [4.78, 5) is 0. The first-order valence-corrected chi connectivity index (χ1v) is 4.48. The summed E-state index contributed by atoms with van der Waals surface area (Å²) in [5.41, 5.74) is 1.23. The number of hydrogen-bond donors (Lipinski definition) is 0. The summed E-state index contributed by atoms with van der Waals surface area (Å²) in [6, 6.07) is 8.44. The van der Waals surface area contributed by atoms with E-state index in [0.29, 0.717) is 6.04 Å². The second-order valence-corrected chi connectivity index (χ2v) is 3.12. The van der Waals surface area contributed by atoms with Crippen molar-refractivity contribution in [3.8, 4) is 5.75 Å². The van der Waals surface area contributed by atoms with Gasteiger partial charge in [-0.15, -0.1) is 0 Å². The lowest BCUT2D eigenvalue weighted by atomic mass is 10.1.